The lowest BCUT2D eigenvalue weighted by Crippen LogP contribution is -2.47. The van der Waals surface area contributed by atoms with Crippen LogP contribution in [0.2, 0.25) is 0 Å². The van der Waals surface area contributed by atoms with Crippen molar-refractivity contribution in [3.63, 3.8) is 0 Å². The van der Waals surface area contributed by atoms with Gasteiger partial charge < -0.3 is 5.73 Å². The first-order valence-corrected chi connectivity index (χ1v) is 6.08. The average molecular weight is 242 g/mol. The van der Waals surface area contributed by atoms with Gasteiger partial charge in [-0.3, -0.25) is 19.9 Å². The Morgan fingerprint density at radius 1 is 1.41 bits per heavy atom. The van der Waals surface area contributed by atoms with Crippen LogP contribution in [-0.4, -0.2) is 35.3 Å². The Morgan fingerprint density at radius 2 is 2.00 bits per heavy atom. The molecule has 0 aliphatic heterocycles. The van der Waals surface area contributed by atoms with Gasteiger partial charge in [0.25, 0.3) is 0 Å². The SMILES string of the molecule is CC(CC(=O)NN)N(CC(N)=O)C1CCCC1. The van der Waals surface area contributed by atoms with E-state index in [2.05, 4.69) is 5.43 Å². The maximum Gasteiger partial charge on any atom is 0.235 e. The Hall–Kier alpha value is -1.14. The first-order chi connectivity index (χ1) is 8.04. The van der Waals surface area contributed by atoms with Gasteiger partial charge in [-0.1, -0.05) is 12.8 Å². The van der Waals surface area contributed by atoms with Crippen molar-refractivity contribution in [1.29, 1.82) is 0 Å². The first kappa shape index (κ1) is 13.9. The predicted octanol–water partition coefficient (Wildman–Crippen LogP) is -0.515. The second-order valence-corrected chi connectivity index (χ2v) is 4.70. The van der Waals surface area contributed by atoms with Gasteiger partial charge in [-0.15, -0.1) is 0 Å². The molecule has 1 aliphatic carbocycles. The maximum atomic E-state index is 11.2. The van der Waals surface area contributed by atoms with E-state index in [0.717, 1.165) is 12.8 Å². The van der Waals surface area contributed by atoms with Crippen molar-refractivity contribution in [3.05, 3.63) is 0 Å². The van der Waals surface area contributed by atoms with Crippen LogP contribution in [0.15, 0.2) is 0 Å². The summed E-state index contributed by atoms with van der Waals surface area (Å²) in [6, 6.07) is 0.345. The molecule has 98 valence electrons. The van der Waals surface area contributed by atoms with Crippen molar-refractivity contribution in [2.45, 2.75) is 51.1 Å². The third-order valence-corrected chi connectivity index (χ3v) is 3.34. The molecule has 0 bridgehead atoms. The smallest absolute Gasteiger partial charge is 0.235 e. The summed E-state index contributed by atoms with van der Waals surface area (Å²) in [5.74, 6) is 4.50. The van der Waals surface area contributed by atoms with E-state index in [1.165, 1.54) is 12.8 Å². The molecule has 0 aromatic heterocycles. The van der Waals surface area contributed by atoms with E-state index < -0.39 is 0 Å². The summed E-state index contributed by atoms with van der Waals surface area (Å²) in [7, 11) is 0. The van der Waals surface area contributed by atoms with Gasteiger partial charge in [0, 0.05) is 18.5 Å². The first-order valence-electron chi connectivity index (χ1n) is 6.08. The Bertz CT molecular complexity index is 277. The molecule has 0 aromatic carbocycles. The molecule has 2 amide bonds. The van der Waals surface area contributed by atoms with Crippen LogP contribution in [0.3, 0.4) is 0 Å². The van der Waals surface area contributed by atoms with E-state index in [4.69, 9.17) is 11.6 Å². The zero-order valence-corrected chi connectivity index (χ0v) is 10.3. The molecule has 1 saturated carbocycles. The Balaban J connectivity index is 2.60. The highest BCUT2D eigenvalue weighted by atomic mass is 16.2. The lowest BCUT2D eigenvalue weighted by atomic mass is 10.1. The van der Waals surface area contributed by atoms with Crippen LogP contribution in [0, 0.1) is 0 Å². The topological polar surface area (TPSA) is 101 Å². The molecule has 5 N–H and O–H groups in total. The fourth-order valence-corrected chi connectivity index (χ4v) is 2.51. The van der Waals surface area contributed by atoms with Crippen LogP contribution < -0.4 is 17.0 Å². The third kappa shape index (κ3) is 4.32. The summed E-state index contributed by atoms with van der Waals surface area (Å²) in [5.41, 5.74) is 7.37. The Morgan fingerprint density at radius 3 is 2.47 bits per heavy atom. The number of nitrogens with one attached hydrogen (secondary N) is 1. The number of carbonyl (C=O) groups is 2. The number of hydrogen-bond donors (Lipinski definition) is 3. The molecule has 1 unspecified atom stereocenters. The minimum absolute atomic E-state index is 0.0193. The molecule has 0 heterocycles. The second kappa shape index (κ2) is 6.56. The fraction of sp³-hybridized carbons (Fsp3) is 0.818. The Labute approximate surface area is 102 Å². The Kier molecular flexibility index (Phi) is 5.37. The summed E-state index contributed by atoms with van der Waals surface area (Å²) in [5, 5.41) is 0. The molecule has 0 saturated heterocycles. The van der Waals surface area contributed by atoms with Crippen LogP contribution >= 0.6 is 0 Å². The van der Waals surface area contributed by atoms with Crippen LogP contribution in [0.4, 0.5) is 0 Å². The number of nitrogens with zero attached hydrogens (tertiary/aromatic N) is 1. The molecule has 0 aromatic rings. The maximum absolute atomic E-state index is 11.2. The van der Waals surface area contributed by atoms with Gasteiger partial charge in [0.05, 0.1) is 6.54 Å². The molecule has 0 spiro atoms. The zero-order chi connectivity index (χ0) is 12.8. The van der Waals surface area contributed by atoms with Gasteiger partial charge in [-0.2, -0.15) is 0 Å². The van der Waals surface area contributed by atoms with Crippen molar-refractivity contribution in [3.8, 4) is 0 Å². The summed E-state index contributed by atoms with van der Waals surface area (Å²) in [4.78, 5) is 24.4. The number of hydrazine groups is 1. The highest BCUT2D eigenvalue weighted by Gasteiger charge is 2.28. The lowest BCUT2D eigenvalue weighted by Gasteiger charge is -2.33. The highest BCUT2D eigenvalue weighted by Crippen LogP contribution is 2.25. The molecule has 0 radical (unpaired) electrons. The van der Waals surface area contributed by atoms with Crippen molar-refractivity contribution in [2.75, 3.05) is 6.54 Å². The molecule has 1 aliphatic rings. The molecule has 1 atom stereocenters. The van der Waals surface area contributed by atoms with E-state index >= 15 is 0 Å². The van der Waals surface area contributed by atoms with Crippen molar-refractivity contribution in [1.82, 2.24) is 10.3 Å². The monoisotopic (exact) mass is 242 g/mol. The molecule has 6 nitrogen and oxygen atoms in total. The largest absolute Gasteiger partial charge is 0.369 e. The number of nitrogens with two attached hydrogens (primary N) is 2. The highest BCUT2D eigenvalue weighted by molar-refractivity contribution is 5.77. The summed E-state index contributed by atoms with van der Waals surface area (Å²) in [6.45, 7) is 2.14. The fourth-order valence-electron chi connectivity index (χ4n) is 2.51. The van der Waals surface area contributed by atoms with Gasteiger partial charge >= 0.3 is 0 Å². The van der Waals surface area contributed by atoms with E-state index in [1.807, 2.05) is 11.8 Å². The summed E-state index contributed by atoms with van der Waals surface area (Å²) >= 11 is 0. The number of amides is 2. The normalized spacial score (nSPS) is 18.3. The third-order valence-electron chi connectivity index (χ3n) is 3.34. The van der Waals surface area contributed by atoms with Crippen LogP contribution in [-0.2, 0) is 9.59 Å². The molecule has 6 heteroatoms. The predicted molar refractivity (Wildman–Crippen MR) is 64.6 cm³/mol. The van der Waals surface area contributed by atoms with Gasteiger partial charge in [-0.25, -0.2) is 5.84 Å². The van der Waals surface area contributed by atoms with Crippen LogP contribution in [0.1, 0.15) is 39.0 Å². The lowest BCUT2D eigenvalue weighted by molar-refractivity contribution is -0.125. The standard InChI is InChI=1S/C11H22N4O2/c1-8(6-11(17)14-13)15(7-10(12)16)9-4-2-3-5-9/h8-9H,2-7,13H2,1H3,(H2,12,16)(H,14,17). The van der Waals surface area contributed by atoms with Crippen LogP contribution in [0.5, 0.6) is 0 Å². The zero-order valence-electron chi connectivity index (χ0n) is 10.3. The number of carbonyl (C=O) groups excluding carboxylic acids is 2. The van der Waals surface area contributed by atoms with Crippen molar-refractivity contribution >= 4 is 11.8 Å². The molecular weight excluding hydrogens is 220 g/mol. The van der Waals surface area contributed by atoms with Gasteiger partial charge in [0.2, 0.25) is 11.8 Å². The number of hydrogen-bond acceptors (Lipinski definition) is 4. The minimum Gasteiger partial charge on any atom is -0.369 e. The van der Waals surface area contributed by atoms with Crippen molar-refractivity contribution in [2.24, 2.45) is 11.6 Å². The van der Waals surface area contributed by atoms with E-state index in [0.29, 0.717) is 12.5 Å². The van der Waals surface area contributed by atoms with Gasteiger partial charge in [0.1, 0.15) is 0 Å². The second-order valence-electron chi connectivity index (χ2n) is 4.70. The molecule has 1 rings (SSSR count). The average Bonchev–Trinajstić information content (AvgIpc) is 2.78. The number of primary amides is 1. The van der Waals surface area contributed by atoms with Gasteiger partial charge in [0.15, 0.2) is 0 Å². The molecule has 17 heavy (non-hydrogen) atoms. The number of rotatable bonds is 6. The van der Waals surface area contributed by atoms with Crippen molar-refractivity contribution < 1.29 is 9.59 Å². The van der Waals surface area contributed by atoms with E-state index in [1.54, 1.807) is 0 Å². The van der Waals surface area contributed by atoms with E-state index in [-0.39, 0.29) is 24.4 Å². The summed E-state index contributed by atoms with van der Waals surface area (Å²) in [6.07, 6.45) is 4.79. The molecular formula is C11H22N4O2. The summed E-state index contributed by atoms with van der Waals surface area (Å²) < 4.78 is 0. The minimum atomic E-state index is -0.350. The quantitative estimate of drug-likeness (QED) is 0.331. The van der Waals surface area contributed by atoms with E-state index in [9.17, 15) is 9.59 Å². The molecule has 1 fully saturated rings. The van der Waals surface area contributed by atoms with Crippen LogP contribution in [0.25, 0.3) is 0 Å². The van der Waals surface area contributed by atoms with Gasteiger partial charge in [-0.05, 0) is 19.8 Å².